The molecule has 4 rings (SSSR count). The Balaban J connectivity index is 1.52. The van der Waals surface area contributed by atoms with Crippen LogP contribution in [0.2, 0.25) is 0 Å². The summed E-state index contributed by atoms with van der Waals surface area (Å²) in [5, 5.41) is 6.31. The molecule has 0 saturated carbocycles. The summed E-state index contributed by atoms with van der Waals surface area (Å²) in [5.74, 6) is 0.889. The maximum Gasteiger partial charge on any atom is 0.265 e. The Morgan fingerprint density at radius 1 is 1.23 bits per heavy atom. The zero-order chi connectivity index (χ0) is 14.9. The molecular weight excluding hydrogens is 296 g/mol. The van der Waals surface area contributed by atoms with Gasteiger partial charge in [-0.15, -0.1) is 11.3 Å². The molecule has 0 atom stereocenters. The van der Waals surface area contributed by atoms with Crippen LogP contribution in [0.4, 0.5) is 5.69 Å². The van der Waals surface area contributed by atoms with Crippen molar-refractivity contribution in [1.29, 1.82) is 0 Å². The standard InChI is InChI=1S/C17H18N2O2S/c20-17(16-9-11-2-1-3-15(11)22-16)19-13-4-5-14-12(8-13)10-18-6-7-21-14/h4-5,8-9,18H,1-3,6-7,10H2,(H,19,20). The summed E-state index contributed by atoms with van der Waals surface area (Å²) < 4.78 is 5.66. The number of nitrogens with one attached hydrogen (secondary N) is 2. The lowest BCUT2D eigenvalue weighted by molar-refractivity contribution is 0.103. The number of anilines is 1. The van der Waals surface area contributed by atoms with Gasteiger partial charge in [0, 0.05) is 29.2 Å². The topological polar surface area (TPSA) is 50.4 Å². The van der Waals surface area contributed by atoms with E-state index in [1.807, 2.05) is 18.2 Å². The minimum absolute atomic E-state index is 0.0122. The van der Waals surface area contributed by atoms with Crippen molar-refractivity contribution < 1.29 is 9.53 Å². The summed E-state index contributed by atoms with van der Waals surface area (Å²) in [5.41, 5.74) is 3.27. The first-order valence-electron chi connectivity index (χ1n) is 7.69. The van der Waals surface area contributed by atoms with Crippen LogP contribution in [0.5, 0.6) is 5.75 Å². The zero-order valence-corrected chi connectivity index (χ0v) is 13.1. The van der Waals surface area contributed by atoms with Crippen molar-refractivity contribution in [3.63, 3.8) is 0 Å². The van der Waals surface area contributed by atoms with Crippen LogP contribution in [-0.2, 0) is 19.4 Å². The first-order valence-corrected chi connectivity index (χ1v) is 8.50. The van der Waals surface area contributed by atoms with Crippen molar-refractivity contribution in [2.24, 2.45) is 0 Å². The number of benzene rings is 1. The molecule has 1 amide bonds. The number of fused-ring (bicyclic) bond motifs is 2. The van der Waals surface area contributed by atoms with Gasteiger partial charge in [0.2, 0.25) is 0 Å². The molecule has 1 aliphatic carbocycles. The summed E-state index contributed by atoms with van der Waals surface area (Å²) in [6.07, 6.45) is 3.46. The van der Waals surface area contributed by atoms with E-state index in [-0.39, 0.29) is 5.91 Å². The number of ether oxygens (including phenoxy) is 1. The summed E-state index contributed by atoms with van der Waals surface area (Å²) in [6.45, 7) is 2.29. The van der Waals surface area contributed by atoms with Crippen LogP contribution in [0, 0.1) is 0 Å². The molecule has 1 aromatic carbocycles. The van der Waals surface area contributed by atoms with E-state index in [2.05, 4.69) is 16.7 Å². The normalized spacial score (nSPS) is 16.4. The lowest BCUT2D eigenvalue weighted by Gasteiger charge is -2.09. The van der Waals surface area contributed by atoms with Gasteiger partial charge >= 0.3 is 0 Å². The number of hydrogen-bond acceptors (Lipinski definition) is 4. The minimum Gasteiger partial charge on any atom is -0.492 e. The molecule has 1 aliphatic heterocycles. The first-order chi connectivity index (χ1) is 10.8. The summed E-state index contributed by atoms with van der Waals surface area (Å²) in [7, 11) is 0. The number of thiophene rings is 1. The quantitative estimate of drug-likeness (QED) is 0.896. The predicted octanol–water partition coefficient (Wildman–Crippen LogP) is 2.97. The van der Waals surface area contributed by atoms with E-state index >= 15 is 0 Å². The van der Waals surface area contributed by atoms with Gasteiger partial charge in [0.15, 0.2) is 0 Å². The number of carbonyl (C=O) groups excluding carboxylic acids is 1. The van der Waals surface area contributed by atoms with Gasteiger partial charge in [0.25, 0.3) is 5.91 Å². The molecule has 2 aromatic rings. The van der Waals surface area contributed by atoms with Crippen molar-refractivity contribution in [3.8, 4) is 5.75 Å². The third kappa shape index (κ3) is 2.62. The minimum atomic E-state index is -0.0122. The summed E-state index contributed by atoms with van der Waals surface area (Å²) >= 11 is 1.63. The molecule has 0 bridgehead atoms. The Labute approximate surface area is 133 Å². The second-order valence-corrected chi connectivity index (χ2v) is 6.85. The van der Waals surface area contributed by atoms with E-state index in [9.17, 15) is 4.79 Å². The maximum absolute atomic E-state index is 12.4. The number of aryl methyl sites for hydroxylation is 2. The maximum atomic E-state index is 12.4. The Kier molecular flexibility index (Phi) is 3.60. The van der Waals surface area contributed by atoms with Crippen molar-refractivity contribution in [2.45, 2.75) is 25.8 Å². The third-order valence-electron chi connectivity index (χ3n) is 4.14. The van der Waals surface area contributed by atoms with Gasteiger partial charge < -0.3 is 15.4 Å². The molecular formula is C17H18N2O2S. The van der Waals surface area contributed by atoms with Gasteiger partial charge in [0.05, 0.1) is 4.88 Å². The van der Waals surface area contributed by atoms with E-state index in [4.69, 9.17) is 4.74 Å². The molecule has 0 saturated heterocycles. The smallest absolute Gasteiger partial charge is 0.265 e. The highest BCUT2D eigenvalue weighted by molar-refractivity contribution is 7.14. The van der Waals surface area contributed by atoms with Gasteiger partial charge in [0.1, 0.15) is 12.4 Å². The van der Waals surface area contributed by atoms with Gasteiger partial charge in [-0.2, -0.15) is 0 Å². The highest BCUT2D eigenvalue weighted by atomic mass is 32.1. The van der Waals surface area contributed by atoms with Crippen LogP contribution in [0.1, 0.15) is 32.1 Å². The van der Waals surface area contributed by atoms with Crippen molar-refractivity contribution >= 4 is 22.9 Å². The third-order valence-corrected chi connectivity index (χ3v) is 5.38. The Morgan fingerprint density at radius 2 is 2.18 bits per heavy atom. The second-order valence-electron chi connectivity index (χ2n) is 5.71. The second kappa shape index (κ2) is 5.74. The lowest BCUT2D eigenvalue weighted by Crippen LogP contribution is -2.16. The molecule has 114 valence electrons. The molecule has 0 fully saturated rings. The summed E-state index contributed by atoms with van der Waals surface area (Å²) in [4.78, 5) is 14.6. The van der Waals surface area contributed by atoms with Crippen LogP contribution in [0.15, 0.2) is 24.3 Å². The molecule has 0 spiro atoms. The highest BCUT2D eigenvalue weighted by Crippen LogP contribution is 2.31. The summed E-state index contributed by atoms with van der Waals surface area (Å²) in [6, 6.07) is 7.89. The molecule has 4 nitrogen and oxygen atoms in total. The molecule has 2 heterocycles. The lowest BCUT2D eigenvalue weighted by atomic mass is 10.1. The van der Waals surface area contributed by atoms with Crippen molar-refractivity contribution in [3.05, 3.63) is 45.1 Å². The van der Waals surface area contributed by atoms with Crippen LogP contribution < -0.4 is 15.4 Å². The number of amides is 1. The van der Waals surface area contributed by atoms with Crippen molar-refractivity contribution in [1.82, 2.24) is 5.32 Å². The number of rotatable bonds is 2. The Bertz CT molecular complexity index is 702. The number of carbonyl (C=O) groups is 1. The molecule has 1 aromatic heterocycles. The molecule has 2 aliphatic rings. The fourth-order valence-corrected chi connectivity index (χ4v) is 4.17. The van der Waals surface area contributed by atoms with E-state index in [1.54, 1.807) is 11.3 Å². The molecule has 0 unspecified atom stereocenters. The monoisotopic (exact) mass is 314 g/mol. The largest absolute Gasteiger partial charge is 0.492 e. The fraction of sp³-hybridized carbons (Fsp3) is 0.353. The van der Waals surface area contributed by atoms with Crippen LogP contribution in [-0.4, -0.2) is 19.1 Å². The van der Waals surface area contributed by atoms with E-state index in [0.717, 1.165) is 47.8 Å². The SMILES string of the molecule is O=C(Nc1ccc2c(c1)CNCCO2)c1cc2c(s1)CCC2. The Hall–Kier alpha value is -1.85. The zero-order valence-electron chi connectivity index (χ0n) is 12.3. The van der Waals surface area contributed by atoms with Gasteiger partial charge in [-0.05, 0) is 49.1 Å². The Morgan fingerprint density at radius 3 is 3.09 bits per heavy atom. The van der Waals surface area contributed by atoms with Crippen LogP contribution in [0.25, 0.3) is 0 Å². The van der Waals surface area contributed by atoms with Crippen LogP contribution in [0.3, 0.4) is 0 Å². The van der Waals surface area contributed by atoms with Crippen LogP contribution >= 0.6 is 11.3 Å². The molecule has 22 heavy (non-hydrogen) atoms. The average molecular weight is 314 g/mol. The number of hydrogen-bond donors (Lipinski definition) is 2. The van der Waals surface area contributed by atoms with Gasteiger partial charge in [-0.1, -0.05) is 0 Å². The molecule has 0 radical (unpaired) electrons. The van der Waals surface area contributed by atoms with E-state index < -0.39 is 0 Å². The molecule has 2 N–H and O–H groups in total. The first kappa shape index (κ1) is 13.8. The van der Waals surface area contributed by atoms with Crippen molar-refractivity contribution in [2.75, 3.05) is 18.5 Å². The highest BCUT2D eigenvalue weighted by Gasteiger charge is 2.19. The fourth-order valence-electron chi connectivity index (χ4n) is 3.03. The predicted molar refractivity (Wildman–Crippen MR) is 87.9 cm³/mol. The van der Waals surface area contributed by atoms with Gasteiger partial charge in [-0.3, -0.25) is 4.79 Å². The van der Waals surface area contributed by atoms with Gasteiger partial charge in [-0.25, -0.2) is 0 Å². The average Bonchev–Trinajstić information content (AvgIpc) is 3.02. The van der Waals surface area contributed by atoms with E-state index in [1.165, 1.54) is 16.9 Å². The molecule has 5 heteroatoms. The van der Waals surface area contributed by atoms with E-state index in [0.29, 0.717) is 6.61 Å².